The van der Waals surface area contributed by atoms with E-state index in [1.54, 1.807) is 13.1 Å². The molecule has 0 saturated carbocycles. The van der Waals surface area contributed by atoms with Crippen molar-refractivity contribution in [1.82, 2.24) is 4.90 Å². The van der Waals surface area contributed by atoms with Gasteiger partial charge in [0.2, 0.25) is 0 Å². The summed E-state index contributed by atoms with van der Waals surface area (Å²) in [5.74, 6) is -0.141. The highest BCUT2D eigenvalue weighted by molar-refractivity contribution is 5.91. The molecule has 136 valence electrons. The van der Waals surface area contributed by atoms with Gasteiger partial charge in [-0.25, -0.2) is 9.18 Å². The number of nitrogens with zero attached hydrogens (tertiary/aromatic N) is 1. The van der Waals surface area contributed by atoms with Gasteiger partial charge in [-0.3, -0.25) is 4.79 Å². The number of hydrogen-bond acceptors (Lipinski definition) is 5. The molecule has 0 fully saturated rings. The minimum absolute atomic E-state index is 0.189. The lowest BCUT2D eigenvalue weighted by atomic mass is 10.2. The molecule has 0 aliphatic carbocycles. The maximum Gasteiger partial charge on any atom is 0.338 e. The van der Waals surface area contributed by atoms with E-state index in [9.17, 15) is 14.0 Å². The van der Waals surface area contributed by atoms with Crippen molar-refractivity contribution in [2.24, 2.45) is 0 Å². The van der Waals surface area contributed by atoms with Gasteiger partial charge in [0.25, 0.3) is 5.91 Å². The zero-order valence-electron chi connectivity index (χ0n) is 14.2. The molecule has 0 radical (unpaired) electrons. The number of benzene rings is 2. The number of amides is 1. The van der Waals surface area contributed by atoms with Crippen molar-refractivity contribution in [2.45, 2.75) is 6.54 Å². The van der Waals surface area contributed by atoms with Crippen LogP contribution in [0.3, 0.4) is 0 Å². The predicted molar refractivity (Wildman–Crippen MR) is 90.6 cm³/mol. The highest BCUT2D eigenvalue weighted by Crippen LogP contribution is 2.31. The SMILES string of the molecule is CN(Cc1ccc2c(c1)OCCO2)C(=O)COC(=O)c1ccc(F)cc1. The third-order valence-corrected chi connectivity index (χ3v) is 3.86. The van der Waals surface area contributed by atoms with Gasteiger partial charge in [-0.15, -0.1) is 0 Å². The molecule has 1 aliphatic rings. The summed E-state index contributed by atoms with van der Waals surface area (Å²) < 4.78 is 28.8. The number of ether oxygens (including phenoxy) is 3. The standard InChI is InChI=1S/C19H18FNO5/c1-21(11-13-2-7-16-17(10-13)25-9-8-24-16)18(22)12-26-19(23)14-3-5-15(20)6-4-14/h2-7,10H,8-9,11-12H2,1H3. The first-order valence-corrected chi connectivity index (χ1v) is 8.08. The molecular weight excluding hydrogens is 341 g/mol. The minimum atomic E-state index is -0.675. The van der Waals surface area contributed by atoms with E-state index < -0.39 is 18.4 Å². The van der Waals surface area contributed by atoms with E-state index in [0.29, 0.717) is 31.3 Å². The molecule has 1 aliphatic heterocycles. The first kappa shape index (κ1) is 17.7. The van der Waals surface area contributed by atoms with Crippen molar-refractivity contribution in [1.29, 1.82) is 0 Å². The van der Waals surface area contributed by atoms with Gasteiger partial charge in [-0.1, -0.05) is 6.07 Å². The molecule has 0 unspecified atom stereocenters. The molecule has 0 spiro atoms. The van der Waals surface area contributed by atoms with Gasteiger partial charge < -0.3 is 19.1 Å². The van der Waals surface area contributed by atoms with E-state index in [1.807, 2.05) is 12.1 Å². The Labute approximate surface area is 150 Å². The molecular formula is C19H18FNO5. The van der Waals surface area contributed by atoms with Gasteiger partial charge in [0.1, 0.15) is 19.0 Å². The van der Waals surface area contributed by atoms with Crippen LogP contribution in [0.2, 0.25) is 0 Å². The Morgan fingerprint density at radius 3 is 2.50 bits per heavy atom. The fourth-order valence-electron chi connectivity index (χ4n) is 2.45. The van der Waals surface area contributed by atoms with Crippen LogP contribution in [0.5, 0.6) is 11.5 Å². The van der Waals surface area contributed by atoms with E-state index in [0.717, 1.165) is 17.7 Å². The molecule has 7 heteroatoms. The predicted octanol–water partition coefficient (Wildman–Crippen LogP) is 2.41. The first-order valence-electron chi connectivity index (χ1n) is 8.08. The lowest BCUT2D eigenvalue weighted by Crippen LogP contribution is -2.30. The fraction of sp³-hybridized carbons (Fsp3) is 0.263. The lowest BCUT2D eigenvalue weighted by molar-refractivity contribution is -0.133. The smallest absolute Gasteiger partial charge is 0.338 e. The Bertz CT molecular complexity index is 806. The number of fused-ring (bicyclic) bond motifs is 1. The van der Waals surface area contributed by atoms with Crippen LogP contribution < -0.4 is 9.47 Å². The molecule has 1 amide bonds. The molecule has 6 nitrogen and oxygen atoms in total. The van der Waals surface area contributed by atoms with Gasteiger partial charge in [-0.05, 0) is 42.0 Å². The molecule has 0 aromatic heterocycles. The average molecular weight is 359 g/mol. The Morgan fingerprint density at radius 2 is 1.77 bits per heavy atom. The molecule has 3 rings (SSSR count). The van der Waals surface area contributed by atoms with E-state index in [1.165, 1.54) is 17.0 Å². The molecule has 0 atom stereocenters. The summed E-state index contributed by atoms with van der Waals surface area (Å²) in [7, 11) is 1.62. The largest absolute Gasteiger partial charge is 0.486 e. The van der Waals surface area contributed by atoms with Crippen molar-refractivity contribution in [3.8, 4) is 11.5 Å². The highest BCUT2D eigenvalue weighted by atomic mass is 19.1. The maximum atomic E-state index is 12.9. The second-order valence-corrected chi connectivity index (χ2v) is 5.81. The van der Waals surface area contributed by atoms with Crippen LogP contribution in [0.1, 0.15) is 15.9 Å². The van der Waals surface area contributed by atoms with E-state index >= 15 is 0 Å². The third-order valence-electron chi connectivity index (χ3n) is 3.86. The number of carbonyl (C=O) groups excluding carboxylic acids is 2. The summed E-state index contributed by atoms with van der Waals surface area (Å²) in [5, 5.41) is 0. The zero-order chi connectivity index (χ0) is 18.5. The minimum Gasteiger partial charge on any atom is -0.486 e. The van der Waals surface area contributed by atoms with Crippen molar-refractivity contribution in [2.75, 3.05) is 26.9 Å². The fourth-order valence-corrected chi connectivity index (χ4v) is 2.45. The van der Waals surface area contributed by atoms with Crippen LogP contribution >= 0.6 is 0 Å². The quantitative estimate of drug-likeness (QED) is 0.767. The average Bonchev–Trinajstić information content (AvgIpc) is 2.66. The molecule has 0 saturated heterocycles. The number of rotatable bonds is 5. The van der Waals surface area contributed by atoms with E-state index in [2.05, 4.69) is 0 Å². The van der Waals surface area contributed by atoms with Crippen LogP contribution in [0.25, 0.3) is 0 Å². The Kier molecular flexibility index (Phi) is 5.36. The number of hydrogen-bond donors (Lipinski definition) is 0. The molecule has 2 aromatic rings. The van der Waals surface area contributed by atoms with Crippen molar-refractivity contribution < 1.29 is 28.2 Å². The van der Waals surface area contributed by atoms with Crippen molar-refractivity contribution in [3.05, 3.63) is 59.4 Å². The van der Waals surface area contributed by atoms with Crippen LogP contribution in [-0.2, 0) is 16.1 Å². The summed E-state index contributed by atoms with van der Waals surface area (Å²) in [4.78, 5) is 25.5. The van der Waals surface area contributed by atoms with Crippen molar-refractivity contribution in [3.63, 3.8) is 0 Å². The summed E-state index contributed by atoms with van der Waals surface area (Å²) in [6.07, 6.45) is 0. The Hall–Kier alpha value is -3.09. The summed E-state index contributed by atoms with van der Waals surface area (Å²) >= 11 is 0. The van der Waals surface area contributed by atoms with Crippen LogP contribution in [0.15, 0.2) is 42.5 Å². The maximum absolute atomic E-state index is 12.9. The third kappa shape index (κ3) is 4.30. The van der Waals surface area contributed by atoms with E-state index in [4.69, 9.17) is 14.2 Å². The summed E-state index contributed by atoms with van der Waals surface area (Å²) in [6.45, 7) is 0.954. The van der Waals surface area contributed by atoms with Crippen LogP contribution in [0.4, 0.5) is 4.39 Å². The Balaban J connectivity index is 1.53. The van der Waals surface area contributed by atoms with Crippen molar-refractivity contribution >= 4 is 11.9 Å². The monoisotopic (exact) mass is 359 g/mol. The zero-order valence-corrected chi connectivity index (χ0v) is 14.2. The Morgan fingerprint density at radius 1 is 1.08 bits per heavy atom. The van der Waals surface area contributed by atoms with Gasteiger partial charge >= 0.3 is 5.97 Å². The van der Waals surface area contributed by atoms with Gasteiger partial charge in [-0.2, -0.15) is 0 Å². The highest BCUT2D eigenvalue weighted by Gasteiger charge is 2.16. The van der Waals surface area contributed by atoms with Crippen LogP contribution in [0, 0.1) is 5.82 Å². The molecule has 26 heavy (non-hydrogen) atoms. The second kappa shape index (κ2) is 7.86. The molecule has 1 heterocycles. The van der Waals surface area contributed by atoms with Crippen LogP contribution in [-0.4, -0.2) is 43.6 Å². The number of halogens is 1. The number of esters is 1. The second-order valence-electron chi connectivity index (χ2n) is 5.81. The summed E-state index contributed by atoms with van der Waals surface area (Å²) in [5.41, 5.74) is 1.06. The lowest BCUT2D eigenvalue weighted by Gasteiger charge is -2.21. The van der Waals surface area contributed by atoms with Gasteiger partial charge in [0.05, 0.1) is 5.56 Å². The number of likely N-dealkylation sites (N-methyl/N-ethyl adjacent to an activating group) is 1. The topological polar surface area (TPSA) is 65.1 Å². The first-order chi connectivity index (χ1) is 12.5. The number of carbonyl (C=O) groups is 2. The van der Waals surface area contributed by atoms with E-state index in [-0.39, 0.29) is 11.5 Å². The molecule has 2 aromatic carbocycles. The summed E-state index contributed by atoms with van der Waals surface area (Å²) in [6, 6.07) is 10.4. The molecule has 0 N–H and O–H groups in total. The van der Waals surface area contributed by atoms with Gasteiger partial charge in [0.15, 0.2) is 18.1 Å². The normalized spacial score (nSPS) is 12.4. The molecule has 0 bridgehead atoms. The van der Waals surface area contributed by atoms with Gasteiger partial charge in [0, 0.05) is 13.6 Å².